The van der Waals surface area contributed by atoms with Crippen LogP contribution in [0.5, 0.6) is 5.75 Å². The van der Waals surface area contributed by atoms with Gasteiger partial charge in [0.05, 0.1) is 7.11 Å². The van der Waals surface area contributed by atoms with Crippen LogP contribution in [0.3, 0.4) is 0 Å². The number of hydrogen-bond acceptors (Lipinski definition) is 3. The number of hydrogen-bond donors (Lipinski definition) is 1. The van der Waals surface area contributed by atoms with E-state index in [1.54, 1.807) is 7.11 Å². The summed E-state index contributed by atoms with van der Waals surface area (Å²) in [6.45, 7) is 5.22. The lowest BCUT2D eigenvalue weighted by Gasteiger charge is -2.29. The van der Waals surface area contributed by atoms with Crippen molar-refractivity contribution in [3.05, 3.63) is 29.8 Å². The Morgan fingerprint density at radius 3 is 2.35 bits per heavy atom. The summed E-state index contributed by atoms with van der Waals surface area (Å²) in [6, 6.07) is 8.81. The van der Waals surface area contributed by atoms with Gasteiger partial charge in [0.1, 0.15) is 5.75 Å². The van der Waals surface area contributed by atoms with Crippen LogP contribution in [0.15, 0.2) is 24.3 Å². The van der Waals surface area contributed by atoms with Gasteiger partial charge in [0.25, 0.3) is 0 Å². The second kappa shape index (κ2) is 6.62. The lowest BCUT2D eigenvalue weighted by Crippen LogP contribution is -2.43. The maximum atomic E-state index is 6.06. The highest BCUT2D eigenvalue weighted by atomic mass is 16.5. The number of benzene rings is 1. The summed E-state index contributed by atoms with van der Waals surface area (Å²) in [5, 5.41) is 0. The van der Waals surface area contributed by atoms with Crippen LogP contribution in [-0.4, -0.2) is 31.1 Å². The zero-order valence-electron chi connectivity index (χ0n) is 11.3. The van der Waals surface area contributed by atoms with Crippen molar-refractivity contribution in [2.75, 3.05) is 14.2 Å². The van der Waals surface area contributed by atoms with Crippen molar-refractivity contribution in [1.29, 1.82) is 0 Å². The molecule has 0 heterocycles. The summed E-state index contributed by atoms with van der Waals surface area (Å²) in [7, 11) is 3.80. The average Bonchev–Trinajstić information content (AvgIpc) is 2.37. The minimum Gasteiger partial charge on any atom is -0.497 e. The van der Waals surface area contributed by atoms with Gasteiger partial charge >= 0.3 is 0 Å². The molecule has 0 saturated carbocycles. The molecule has 96 valence electrons. The Labute approximate surface area is 105 Å². The molecule has 0 aromatic heterocycles. The third-order valence-electron chi connectivity index (χ3n) is 3.38. The predicted molar refractivity (Wildman–Crippen MR) is 72.2 cm³/mol. The lowest BCUT2D eigenvalue weighted by atomic mass is 10.1. The number of nitrogens with two attached hydrogens (primary N) is 1. The van der Waals surface area contributed by atoms with Gasteiger partial charge in [-0.15, -0.1) is 0 Å². The van der Waals surface area contributed by atoms with E-state index in [-0.39, 0.29) is 6.04 Å². The van der Waals surface area contributed by atoms with E-state index < -0.39 is 0 Å². The summed E-state index contributed by atoms with van der Waals surface area (Å²) in [6.07, 6.45) is 1.01. The molecule has 2 unspecified atom stereocenters. The van der Waals surface area contributed by atoms with Crippen LogP contribution in [0.25, 0.3) is 0 Å². The van der Waals surface area contributed by atoms with Crippen LogP contribution in [0.1, 0.15) is 25.8 Å². The van der Waals surface area contributed by atoms with Gasteiger partial charge in [0, 0.05) is 18.6 Å². The van der Waals surface area contributed by atoms with Crippen LogP contribution < -0.4 is 10.5 Å². The fourth-order valence-corrected chi connectivity index (χ4v) is 1.83. The molecule has 0 radical (unpaired) electrons. The molecule has 0 aliphatic carbocycles. The Kier molecular flexibility index (Phi) is 5.45. The van der Waals surface area contributed by atoms with Crippen LogP contribution in [-0.2, 0) is 6.54 Å². The highest BCUT2D eigenvalue weighted by molar-refractivity contribution is 5.27. The number of likely N-dealkylation sites (N-methyl/N-ethyl adjacent to an activating group) is 1. The van der Waals surface area contributed by atoms with Crippen molar-refractivity contribution >= 4 is 0 Å². The summed E-state index contributed by atoms with van der Waals surface area (Å²) >= 11 is 0. The maximum Gasteiger partial charge on any atom is 0.118 e. The van der Waals surface area contributed by atoms with Gasteiger partial charge in [0.2, 0.25) is 0 Å². The first-order chi connectivity index (χ1) is 8.08. The van der Waals surface area contributed by atoms with Gasteiger partial charge in [-0.25, -0.2) is 0 Å². The molecule has 1 rings (SSSR count). The molecule has 17 heavy (non-hydrogen) atoms. The van der Waals surface area contributed by atoms with Crippen molar-refractivity contribution in [2.24, 2.45) is 5.73 Å². The van der Waals surface area contributed by atoms with Gasteiger partial charge in [-0.1, -0.05) is 19.1 Å². The first kappa shape index (κ1) is 14.0. The normalized spacial score (nSPS) is 14.7. The summed E-state index contributed by atoms with van der Waals surface area (Å²) < 4.78 is 5.14. The molecule has 0 aliphatic heterocycles. The van der Waals surface area contributed by atoms with E-state index in [1.807, 2.05) is 12.1 Å². The number of rotatable bonds is 6. The van der Waals surface area contributed by atoms with E-state index in [4.69, 9.17) is 10.5 Å². The molecular formula is C14H24N2O. The van der Waals surface area contributed by atoms with E-state index in [1.165, 1.54) is 5.56 Å². The number of methoxy groups -OCH3 is 1. The fourth-order valence-electron chi connectivity index (χ4n) is 1.83. The van der Waals surface area contributed by atoms with Crippen LogP contribution in [0, 0.1) is 0 Å². The molecule has 0 amide bonds. The molecule has 1 aromatic carbocycles. The summed E-state index contributed by atoms with van der Waals surface area (Å²) in [5.74, 6) is 0.898. The highest BCUT2D eigenvalue weighted by Gasteiger charge is 2.15. The summed E-state index contributed by atoms with van der Waals surface area (Å²) in [4.78, 5) is 2.29. The number of nitrogens with zero attached hydrogens (tertiary/aromatic N) is 1. The third kappa shape index (κ3) is 4.02. The molecule has 2 atom stereocenters. The first-order valence-electron chi connectivity index (χ1n) is 6.17. The molecule has 0 aliphatic rings. The molecular weight excluding hydrogens is 212 g/mol. The molecule has 2 N–H and O–H groups in total. The van der Waals surface area contributed by atoms with Crippen molar-refractivity contribution in [2.45, 2.75) is 38.9 Å². The Balaban J connectivity index is 2.57. The molecule has 3 heteroatoms. The number of ether oxygens (including phenoxy) is 1. The molecule has 3 nitrogen and oxygen atoms in total. The van der Waals surface area contributed by atoms with E-state index in [0.717, 1.165) is 18.7 Å². The predicted octanol–water partition coefficient (Wildman–Crippen LogP) is 2.25. The van der Waals surface area contributed by atoms with Crippen molar-refractivity contribution in [3.8, 4) is 5.75 Å². The van der Waals surface area contributed by atoms with Gasteiger partial charge < -0.3 is 10.5 Å². The van der Waals surface area contributed by atoms with E-state index in [2.05, 4.69) is 37.9 Å². The smallest absolute Gasteiger partial charge is 0.118 e. The zero-order valence-corrected chi connectivity index (χ0v) is 11.3. The van der Waals surface area contributed by atoms with Gasteiger partial charge in [0.15, 0.2) is 0 Å². The monoisotopic (exact) mass is 236 g/mol. The van der Waals surface area contributed by atoms with Crippen LogP contribution >= 0.6 is 0 Å². The van der Waals surface area contributed by atoms with Crippen molar-refractivity contribution in [3.63, 3.8) is 0 Å². The highest BCUT2D eigenvalue weighted by Crippen LogP contribution is 2.14. The average molecular weight is 236 g/mol. The Bertz CT molecular complexity index is 323. The first-order valence-corrected chi connectivity index (χ1v) is 6.17. The van der Waals surface area contributed by atoms with E-state index in [0.29, 0.717) is 6.04 Å². The quantitative estimate of drug-likeness (QED) is 0.823. The fraction of sp³-hybridized carbons (Fsp3) is 0.571. The molecule has 0 saturated heterocycles. The Morgan fingerprint density at radius 2 is 1.88 bits per heavy atom. The minimum absolute atomic E-state index is 0.234. The summed E-state index contributed by atoms with van der Waals surface area (Å²) in [5.41, 5.74) is 7.34. The second-order valence-corrected chi connectivity index (χ2v) is 4.58. The van der Waals surface area contributed by atoms with E-state index >= 15 is 0 Å². The van der Waals surface area contributed by atoms with Crippen LogP contribution in [0.2, 0.25) is 0 Å². The molecule has 1 aromatic rings. The zero-order chi connectivity index (χ0) is 12.8. The van der Waals surface area contributed by atoms with Gasteiger partial charge in [-0.3, -0.25) is 4.90 Å². The van der Waals surface area contributed by atoms with Gasteiger partial charge in [-0.2, -0.15) is 0 Å². The van der Waals surface area contributed by atoms with Crippen molar-refractivity contribution in [1.82, 2.24) is 4.90 Å². The molecule has 0 spiro atoms. The SMILES string of the molecule is CCC(N)C(C)N(C)Cc1ccc(OC)cc1. The lowest BCUT2D eigenvalue weighted by molar-refractivity contribution is 0.215. The Morgan fingerprint density at radius 1 is 1.29 bits per heavy atom. The topological polar surface area (TPSA) is 38.5 Å². The second-order valence-electron chi connectivity index (χ2n) is 4.58. The van der Waals surface area contributed by atoms with Crippen LogP contribution in [0.4, 0.5) is 0 Å². The third-order valence-corrected chi connectivity index (χ3v) is 3.38. The maximum absolute atomic E-state index is 6.06. The minimum atomic E-state index is 0.234. The standard InChI is InChI=1S/C14H24N2O/c1-5-14(15)11(2)16(3)10-12-6-8-13(17-4)9-7-12/h6-9,11,14H,5,10,15H2,1-4H3. The molecule has 0 bridgehead atoms. The molecule has 0 fully saturated rings. The largest absolute Gasteiger partial charge is 0.497 e. The van der Waals surface area contributed by atoms with Gasteiger partial charge in [-0.05, 0) is 38.1 Å². The van der Waals surface area contributed by atoms with Crippen molar-refractivity contribution < 1.29 is 4.74 Å². The Hall–Kier alpha value is -1.06. The van der Waals surface area contributed by atoms with E-state index in [9.17, 15) is 0 Å².